The lowest BCUT2D eigenvalue weighted by molar-refractivity contribution is -0.126. The molecule has 0 aromatic heterocycles. The molecule has 0 saturated carbocycles. The highest BCUT2D eigenvalue weighted by Gasteiger charge is 2.37. The van der Waals surface area contributed by atoms with Crippen LogP contribution in [0.15, 0.2) is 0 Å². The topological polar surface area (TPSA) is 49.4 Å². The molecule has 2 amide bonds. The minimum Gasteiger partial charge on any atom is -0.306 e. The lowest BCUT2D eigenvalue weighted by atomic mass is 9.83. The number of imide groups is 1. The molecule has 2 aliphatic heterocycles. The third-order valence-electron chi connectivity index (χ3n) is 3.34. The fourth-order valence-corrected chi connectivity index (χ4v) is 2.39. The van der Waals surface area contributed by atoms with Crippen LogP contribution < -0.4 is 5.32 Å². The van der Waals surface area contributed by atoms with Gasteiger partial charge in [0.05, 0.1) is 5.92 Å². The summed E-state index contributed by atoms with van der Waals surface area (Å²) in [6.45, 7) is 2.09. The van der Waals surface area contributed by atoms with Gasteiger partial charge in [-0.2, -0.15) is 0 Å². The fourth-order valence-electron chi connectivity index (χ4n) is 2.39. The van der Waals surface area contributed by atoms with E-state index in [1.165, 1.54) is 0 Å². The molecule has 0 radical (unpaired) electrons. The van der Waals surface area contributed by atoms with Crippen LogP contribution in [-0.4, -0.2) is 36.9 Å². The van der Waals surface area contributed by atoms with Crippen molar-refractivity contribution < 1.29 is 9.59 Å². The van der Waals surface area contributed by atoms with Gasteiger partial charge in [-0.1, -0.05) is 0 Å². The minimum atomic E-state index is -0.0982. The monoisotopic (exact) mass is 196 g/mol. The van der Waals surface area contributed by atoms with Gasteiger partial charge in [-0.25, -0.2) is 0 Å². The Kier molecular flexibility index (Phi) is 2.54. The van der Waals surface area contributed by atoms with Crippen molar-refractivity contribution in [3.05, 3.63) is 0 Å². The first-order valence-corrected chi connectivity index (χ1v) is 5.19. The summed E-state index contributed by atoms with van der Waals surface area (Å²) in [4.78, 5) is 24.7. The van der Waals surface area contributed by atoms with Crippen molar-refractivity contribution in [3.63, 3.8) is 0 Å². The Morgan fingerprint density at radius 2 is 1.93 bits per heavy atom. The van der Waals surface area contributed by atoms with E-state index in [1.54, 1.807) is 0 Å². The van der Waals surface area contributed by atoms with Crippen LogP contribution >= 0.6 is 0 Å². The normalized spacial score (nSPS) is 30.8. The summed E-state index contributed by atoms with van der Waals surface area (Å²) in [5.41, 5.74) is 0. The van der Waals surface area contributed by atoms with E-state index in [0.717, 1.165) is 25.9 Å². The number of nitrogens with zero attached hydrogens (tertiary/aromatic N) is 1. The van der Waals surface area contributed by atoms with E-state index in [-0.39, 0.29) is 17.7 Å². The molecule has 4 nitrogen and oxygen atoms in total. The molecule has 0 aromatic rings. The first-order valence-electron chi connectivity index (χ1n) is 5.19. The number of amides is 2. The molecule has 2 aliphatic rings. The van der Waals surface area contributed by atoms with E-state index in [1.807, 2.05) is 0 Å². The minimum absolute atomic E-state index is 0.0452. The van der Waals surface area contributed by atoms with E-state index in [0.29, 0.717) is 12.3 Å². The van der Waals surface area contributed by atoms with Gasteiger partial charge in [-0.05, 0) is 38.9 Å². The molecular formula is C10H16N2O2. The highest BCUT2D eigenvalue weighted by atomic mass is 16.2. The van der Waals surface area contributed by atoms with Crippen LogP contribution in [-0.2, 0) is 9.59 Å². The number of likely N-dealkylation sites (tertiary alicyclic amines) is 1. The molecule has 2 saturated heterocycles. The maximum atomic E-state index is 11.4. The van der Waals surface area contributed by atoms with Crippen molar-refractivity contribution in [1.82, 2.24) is 10.2 Å². The number of carbonyl (C=O) groups excluding carboxylic acids is 2. The number of carbonyl (C=O) groups is 2. The standard InChI is InChI=1S/C10H16N2O2/c1-12-4-2-7(3-5-12)8-6-9(13)11-10(8)14/h7-8H,2-6H2,1H3,(H,11,13,14). The molecule has 2 heterocycles. The van der Waals surface area contributed by atoms with Gasteiger partial charge in [0.25, 0.3) is 0 Å². The second-order valence-corrected chi connectivity index (χ2v) is 4.36. The van der Waals surface area contributed by atoms with E-state index in [4.69, 9.17) is 0 Å². The van der Waals surface area contributed by atoms with Crippen molar-refractivity contribution in [2.24, 2.45) is 11.8 Å². The largest absolute Gasteiger partial charge is 0.306 e. The summed E-state index contributed by atoms with van der Waals surface area (Å²) < 4.78 is 0. The van der Waals surface area contributed by atoms with Gasteiger partial charge in [0, 0.05) is 6.42 Å². The third kappa shape index (κ3) is 1.80. The number of rotatable bonds is 1. The molecule has 14 heavy (non-hydrogen) atoms. The van der Waals surface area contributed by atoms with E-state index in [9.17, 15) is 9.59 Å². The molecule has 0 aromatic carbocycles. The summed E-state index contributed by atoms with van der Waals surface area (Å²) in [5, 5.41) is 2.38. The van der Waals surface area contributed by atoms with E-state index in [2.05, 4.69) is 17.3 Å². The van der Waals surface area contributed by atoms with Crippen molar-refractivity contribution in [3.8, 4) is 0 Å². The lowest BCUT2D eigenvalue weighted by Gasteiger charge is -2.31. The summed E-state index contributed by atoms with van der Waals surface area (Å²) >= 11 is 0. The van der Waals surface area contributed by atoms with Crippen LogP contribution in [0.5, 0.6) is 0 Å². The van der Waals surface area contributed by atoms with Gasteiger partial charge in [0.2, 0.25) is 11.8 Å². The highest BCUT2D eigenvalue weighted by Crippen LogP contribution is 2.29. The number of hydrogen-bond donors (Lipinski definition) is 1. The second kappa shape index (κ2) is 3.69. The molecule has 2 fully saturated rings. The highest BCUT2D eigenvalue weighted by molar-refractivity contribution is 6.03. The maximum absolute atomic E-state index is 11.4. The Morgan fingerprint density at radius 3 is 2.43 bits per heavy atom. The van der Waals surface area contributed by atoms with Crippen LogP contribution in [0.25, 0.3) is 0 Å². The number of nitrogens with one attached hydrogen (secondary N) is 1. The quantitative estimate of drug-likeness (QED) is 0.600. The summed E-state index contributed by atoms with van der Waals surface area (Å²) in [5.74, 6) is 0.220. The van der Waals surface area contributed by atoms with Crippen molar-refractivity contribution >= 4 is 11.8 Å². The second-order valence-electron chi connectivity index (χ2n) is 4.36. The number of hydrogen-bond acceptors (Lipinski definition) is 3. The average molecular weight is 196 g/mol. The molecule has 78 valence electrons. The molecule has 1 atom stereocenters. The maximum Gasteiger partial charge on any atom is 0.230 e. The first-order chi connectivity index (χ1) is 6.66. The summed E-state index contributed by atoms with van der Waals surface area (Å²) in [7, 11) is 2.09. The fraction of sp³-hybridized carbons (Fsp3) is 0.800. The van der Waals surface area contributed by atoms with Crippen molar-refractivity contribution in [1.29, 1.82) is 0 Å². The third-order valence-corrected chi connectivity index (χ3v) is 3.34. The summed E-state index contributed by atoms with van der Waals surface area (Å²) in [6, 6.07) is 0. The summed E-state index contributed by atoms with van der Waals surface area (Å²) in [6.07, 6.45) is 2.50. The Morgan fingerprint density at radius 1 is 1.29 bits per heavy atom. The zero-order chi connectivity index (χ0) is 10.1. The average Bonchev–Trinajstić information content (AvgIpc) is 2.47. The van der Waals surface area contributed by atoms with Crippen LogP contribution in [0, 0.1) is 11.8 Å². The predicted molar refractivity (Wildman–Crippen MR) is 51.5 cm³/mol. The molecular weight excluding hydrogens is 180 g/mol. The smallest absolute Gasteiger partial charge is 0.230 e. The van der Waals surface area contributed by atoms with Gasteiger partial charge in [0.1, 0.15) is 0 Å². The molecule has 0 spiro atoms. The number of piperidine rings is 1. The zero-order valence-electron chi connectivity index (χ0n) is 8.45. The van der Waals surface area contributed by atoms with Crippen LogP contribution in [0.2, 0.25) is 0 Å². The Balaban J connectivity index is 1.95. The van der Waals surface area contributed by atoms with Gasteiger partial charge < -0.3 is 4.90 Å². The van der Waals surface area contributed by atoms with Gasteiger partial charge in [0.15, 0.2) is 0 Å². The van der Waals surface area contributed by atoms with E-state index < -0.39 is 0 Å². The predicted octanol–water partition coefficient (Wildman–Crippen LogP) is -0.00910. The van der Waals surface area contributed by atoms with Crippen molar-refractivity contribution in [2.45, 2.75) is 19.3 Å². The molecule has 0 aliphatic carbocycles. The Hall–Kier alpha value is -0.900. The molecule has 0 bridgehead atoms. The van der Waals surface area contributed by atoms with E-state index >= 15 is 0 Å². The lowest BCUT2D eigenvalue weighted by Crippen LogP contribution is -2.35. The van der Waals surface area contributed by atoms with Crippen LogP contribution in [0.3, 0.4) is 0 Å². The van der Waals surface area contributed by atoms with Gasteiger partial charge in [-0.3, -0.25) is 14.9 Å². The molecule has 2 rings (SSSR count). The Labute approximate surface area is 83.6 Å². The van der Waals surface area contributed by atoms with Gasteiger partial charge >= 0.3 is 0 Å². The first kappa shape index (κ1) is 9.65. The molecule has 1 N–H and O–H groups in total. The zero-order valence-corrected chi connectivity index (χ0v) is 8.45. The molecule has 4 heteroatoms. The SMILES string of the molecule is CN1CCC(C2CC(=O)NC2=O)CC1. The van der Waals surface area contributed by atoms with Gasteiger partial charge in [-0.15, -0.1) is 0 Å². The van der Waals surface area contributed by atoms with Crippen LogP contribution in [0.1, 0.15) is 19.3 Å². The van der Waals surface area contributed by atoms with Crippen molar-refractivity contribution in [2.75, 3.05) is 20.1 Å². The molecule has 1 unspecified atom stereocenters. The van der Waals surface area contributed by atoms with Crippen LogP contribution in [0.4, 0.5) is 0 Å². The Bertz CT molecular complexity index is 257.